The fraction of sp³-hybridized carbons (Fsp3) is 0.133. The standard InChI is InChI=1S/C15H14N4O/c1-2-11-6-3-4-7-13(11)18-15(20)12-10-17-19-9-5-8-16-14(12)19/h3-10H,2H2,1H3,(H,18,20). The molecular weight excluding hydrogens is 252 g/mol. The summed E-state index contributed by atoms with van der Waals surface area (Å²) in [5.41, 5.74) is 2.95. The van der Waals surface area contributed by atoms with Gasteiger partial charge in [0.2, 0.25) is 0 Å². The maximum absolute atomic E-state index is 12.4. The molecule has 5 nitrogen and oxygen atoms in total. The number of aryl methyl sites for hydroxylation is 1. The normalized spacial score (nSPS) is 10.7. The molecule has 1 N–H and O–H groups in total. The van der Waals surface area contributed by atoms with Crippen LogP contribution in [0.5, 0.6) is 0 Å². The van der Waals surface area contributed by atoms with Crippen molar-refractivity contribution in [3.8, 4) is 0 Å². The third-order valence-corrected chi connectivity index (χ3v) is 3.17. The quantitative estimate of drug-likeness (QED) is 0.792. The van der Waals surface area contributed by atoms with E-state index in [1.807, 2.05) is 24.3 Å². The number of hydrogen-bond acceptors (Lipinski definition) is 3. The number of rotatable bonds is 3. The third-order valence-electron chi connectivity index (χ3n) is 3.17. The summed E-state index contributed by atoms with van der Waals surface area (Å²) in [6, 6.07) is 9.54. The van der Waals surface area contributed by atoms with Crippen LogP contribution in [0.25, 0.3) is 5.65 Å². The van der Waals surface area contributed by atoms with Crippen molar-refractivity contribution in [3.05, 3.63) is 60.0 Å². The monoisotopic (exact) mass is 266 g/mol. The molecule has 0 radical (unpaired) electrons. The van der Waals surface area contributed by atoms with E-state index in [-0.39, 0.29) is 5.91 Å². The van der Waals surface area contributed by atoms with Crippen molar-refractivity contribution in [3.63, 3.8) is 0 Å². The number of fused-ring (bicyclic) bond motifs is 1. The van der Waals surface area contributed by atoms with Gasteiger partial charge < -0.3 is 5.32 Å². The number of amides is 1. The maximum Gasteiger partial charge on any atom is 0.261 e. The van der Waals surface area contributed by atoms with Gasteiger partial charge in [0, 0.05) is 18.1 Å². The molecule has 0 spiro atoms. The molecule has 0 bridgehead atoms. The van der Waals surface area contributed by atoms with Gasteiger partial charge in [0.1, 0.15) is 5.56 Å². The fourth-order valence-corrected chi connectivity index (χ4v) is 2.13. The Hall–Kier alpha value is -2.69. The molecule has 0 aliphatic carbocycles. The Kier molecular flexibility index (Phi) is 3.16. The second-order valence-corrected chi connectivity index (χ2v) is 4.41. The van der Waals surface area contributed by atoms with E-state index in [9.17, 15) is 4.79 Å². The lowest BCUT2D eigenvalue weighted by Gasteiger charge is -2.08. The molecule has 1 amide bonds. The third kappa shape index (κ3) is 2.14. The highest BCUT2D eigenvalue weighted by atomic mass is 16.1. The summed E-state index contributed by atoms with van der Waals surface area (Å²) in [6.07, 6.45) is 5.81. The summed E-state index contributed by atoms with van der Waals surface area (Å²) in [4.78, 5) is 16.5. The highest BCUT2D eigenvalue weighted by Gasteiger charge is 2.14. The molecule has 2 heterocycles. The number of nitrogens with one attached hydrogen (secondary N) is 1. The zero-order valence-corrected chi connectivity index (χ0v) is 11.1. The van der Waals surface area contributed by atoms with Gasteiger partial charge in [0.25, 0.3) is 5.91 Å². The number of carbonyl (C=O) groups is 1. The van der Waals surface area contributed by atoms with Gasteiger partial charge in [-0.3, -0.25) is 4.79 Å². The van der Waals surface area contributed by atoms with E-state index in [4.69, 9.17) is 0 Å². The van der Waals surface area contributed by atoms with Crippen LogP contribution >= 0.6 is 0 Å². The largest absolute Gasteiger partial charge is 0.322 e. The first-order chi connectivity index (χ1) is 9.79. The molecule has 5 heteroatoms. The molecule has 100 valence electrons. The molecule has 2 aromatic heterocycles. The zero-order valence-electron chi connectivity index (χ0n) is 11.1. The molecule has 0 saturated carbocycles. The zero-order chi connectivity index (χ0) is 13.9. The summed E-state index contributed by atoms with van der Waals surface area (Å²) in [6.45, 7) is 2.06. The van der Waals surface area contributed by atoms with Crippen LogP contribution in [0.2, 0.25) is 0 Å². The second-order valence-electron chi connectivity index (χ2n) is 4.41. The summed E-state index contributed by atoms with van der Waals surface area (Å²) in [5.74, 6) is -0.195. The Bertz CT molecular complexity index is 763. The van der Waals surface area contributed by atoms with Gasteiger partial charge in [0.05, 0.1) is 6.20 Å². The van der Waals surface area contributed by atoms with E-state index < -0.39 is 0 Å². The number of nitrogens with zero attached hydrogens (tertiary/aromatic N) is 3. The summed E-state index contributed by atoms with van der Waals surface area (Å²) >= 11 is 0. The van der Waals surface area contributed by atoms with Crippen molar-refractivity contribution in [2.75, 3.05) is 5.32 Å². The summed E-state index contributed by atoms with van der Waals surface area (Å²) in [7, 11) is 0. The van der Waals surface area contributed by atoms with Crippen molar-refractivity contribution in [1.29, 1.82) is 0 Å². The van der Waals surface area contributed by atoms with Crippen LogP contribution in [0.4, 0.5) is 5.69 Å². The number of carbonyl (C=O) groups excluding carboxylic acids is 1. The van der Waals surface area contributed by atoms with E-state index >= 15 is 0 Å². The van der Waals surface area contributed by atoms with Gasteiger partial charge in [-0.05, 0) is 24.1 Å². The molecular formula is C15H14N4O. The Labute approximate surface area is 116 Å². The van der Waals surface area contributed by atoms with Crippen LogP contribution < -0.4 is 5.32 Å². The molecule has 0 fully saturated rings. The second kappa shape index (κ2) is 5.13. The van der Waals surface area contributed by atoms with Gasteiger partial charge >= 0.3 is 0 Å². The highest BCUT2D eigenvalue weighted by Crippen LogP contribution is 2.17. The van der Waals surface area contributed by atoms with Gasteiger partial charge in [-0.25, -0.2) is 9.50 Å². The molecule has 0 atom stereocenters. The number of hydrogen-bond donors (Lipinski definition) is 1. The van der Waals surface area contributed by atoms with Gasteiger partial charge in [0.15, 0.2) is 5.65 Å². The van der Waals surface area contributed by atoms with Gasteiger partial charge in [-0.2, -0.15) is 5.10 Å². The first-order valence-corrected chi connectivity index (χ1v) is 6.47. The van der Waals surface area contributed by atoms with E-state index in [0.29, 0.717) is 11.2 Å². The molecule has 0 unspecified atom stereocenters. The minimum Gasteiger partial charge on any atom is -0.322 e. The van der Waals surface area contributed by atoms with Crippen LogP contribution in [0.1, 0.15) is 22.8 Å². The Morgan fingerprint density at radius 2 is 2.15 bits per heavy atom. The smallest absolute Gasteiger partial charge is 0.261 e. The minimum absolute atomic E-state index is 0.195. The molecule has 0 aliphatic rings. The first-order valence-electron chi connectivity index (χ1n) is 6.47. The van der Waals surface area contributed by atoms with Crippen LogP contribution in [0, 0.1) is 0 Å². The predicted molar refractivity (Wildman–Crippen MR) is 76.8 cm³/mol. The molecule has 3 rings (SSSR count). The van der Waals surface area contributed by atoms with Gasteiger partial charge in [-0.1, -0.05) is 25.1 Å². The van der Waals surface area contributed by atoms with E-state index in [0.717, 1.165) is 17.7 Å². The summed E-state index contributed by atoms with van der Waals surface area (Å²) < 4.78 is 1.58. The van der Waals surface area contributed by atoms with Crippen molar-refractivity contribution >= 4 is 17.2 Å². The average Bonchev–Trinajstić information content (AvgIpc) is 2.92. The number of benzene rings is 1. The molecule has 0 saturated heterocycles. The Balaban J connectivity index is 1.93. The lowest BCUT2D eigenvalue weighted by atomic mass is 10.1. The number of para-hydroxylation sites is 1. The Morgan fingerprint density at radius 3 is 3.00 bits per heavy atom. The summed E-state index contributed by atoms with van der Waals surface area (Å²) in [5, 5.41) is 7.04. The van der Waals surface area contributed by atoms with Crippen molar-refractivity contribution < 1.29 is 4.79 Å². The molecule has 20 heavy (non-hydrogen) atoms. The molecule has 1 aromatic carbocycles. The minimum atomic E-state index is -0.195. The molecule has 0 aliphatic heterocycles. The Morgan fingerprint density at radius 1 is 1.30 bits per heavy atom. The topological polar surface area (TPSA) is 59.3 Å². The van der Waals surface area contributed by atoms with Crippen molar-refractivity contribution in [2.45, 2.75) is 13.3 Å². The predicted octanol–water partition coefficient (Wildman–Crippen LogP) is 2.54. The van der Waals surface area contributed by atoms with E-state index in [2.05, 4.69) is 22.3 Å². The average molecular weight is 266 g/mol. The van der Waals surface area contributed by atoms with Crippen molar-refractivity contribution in [2.24, 2.45) is 0 Å². The van der Waals surface area contributed by atoms with Crippen LogP contribution in [-0.2, 0) is 6.42 Å². The van der Waals surface area contributed by atoms with Crippen molar-refractivity contribution in [1.82, 2.24) is 14.6 Å². The number of anilines is 1. The number of aromatic nitrogens is 3. The van der Waals surface area contributed by atoms with Crippen LogP contribution in [0.3, 0.4) is 0 Å². The maximum atomic E-state index is 12.4. The fourth-order valence-electron chi connectivity index (χ4n) is 2.13. The SMILES string of the molecule is CCc1ccccc1NC(=O)c1cnn2cccnc12. The highest BCUT2D eigenvalue weighted by molar-refractivity contribution is 6.08. The molecule has 3 aromatic rings. The van der Waals surface area contributed by atoms with Crippen LogP contribution in [0.15, 0.2) is 48.9 Å². The van der Waals surface area contributed by atoms with Gasteiger partial charge in [-0.15, -0.1) is 0 Å². The van der Waals surface area contributed by atoms with E-state index in [1.54, 1.807) is 23.0 Å². The first kappa shape index (κ1) is 12.3. The lowest BCUT2D eigenvalue weighted by molar-refractivity contribution is 0.102. The lowest BCUT2D eigenvalue weighted by Crippen LogP contribution is -2.13. The van der Waals surface area contributed by atoms with Crippen LogP contribution in [-0.4, -0.2) is 20.5 Å². The van der Waals surface area contributed by atoms with E-state index in [1.165, 1.54) is 6.20 Å².